The number of hydrogen-bond acceptors (Lipinski definition) is 2. The molecular weight excluding hydrogens is 283 g/mol. The van der Waals surface area contributed by atoms with Gasteiger partial charge in [0, 0.05) is 0 Å². The summed E-state index contributed by atoms with van der Waals surface area (Å²) in [5, 5.41) is 0. The van der Waals surface area contributed by atoms with E-state index < -0.39 is 35.8 Å². The summed E-state index contributed by atoms with van der Waals surface area (Å²) in [6, 6.07) is 3.82. The summed E-state index contributed by atoms with van der Waals surface area (Å²) in [5.74, 6) is -5.27. The van der Waals surface area contributed by atoms with E-state index in [1.807, 2.05) is 0 Å². The Morgan fingerprint density at radius 2 is 1.55 bits per heavy atom. The van der Waals surface area contributed by atoms with E-state index in [4.69, 9.17) is 9.47 Å². The van der Waals surface area contributed by atoms with Crippen LogP contribution in [0, 0.1) is 5.92 Å². The average molecular weight is 294 g/mol. The maximum atomic E-state index is 13.8. The number of rotatable bonds is 2. The second-order valence-electron chi connectivity index (χ2n) is 4.91. The van der Waals surface area contributed by atoms with Crippen LogP contribution >= 0.6 is 0 Å². The zero-order valence-corrected chi connectivity index (χ0v) is 10.2. The molecule has 1 aromatic rings. The summed E-state index contributed by atoms with van der Waals surface area (Å²) in [6.07, 6.45) is -5.45. The number of hydrogen-bond donors (Lipinski definition) is 0. The van der Waals surface area contributed by atoms with Crippen molar-refractivity contribution < 1.29 is 31.4 Å². The topological polar surface area (TPSA) is 18.5 Å². The molecule has 1 heterocycles. The molecule has 0 aromatic heterocycles. The minimum absolute atomic E-state index is 0.173. The van der Waals surface area contributed by atoms with Gasteiger partial charge in [0.15, 0.2) is 6.29 Å². The predicted molar refractivity (Wildman–Crippen MR) is 58.3 cm³/mol. The lowest BCUT2D eigenvalue weighted by atomic mass is 10.1. The van der Waals surface area contributed by atoms with Crippen LogP contribution in [-0.4, -0.2) is 25.4 Å². The first-order valence-electron chi connectivity index (χ1n) is 6.10. The number of ether oxygens (including phenoxy) is 2. The highest BCUT2D eigenvalue weighted by molar-refractivity contribution is 5.35. The van der Waals surface area contributed by atoms with Gasteiger partial charge in [-0.3, -0.25) is 0 Å². The Kier molecular flexibility index (Phi) is 3.02. The SMILES string of the molecule is FC(F)(F)c1ccc(C2C(C3OCCO3)C2(F)F)cc1. The lowest BCUT2D eigenvalue weighted by Crippen LogP contribution is -2.15. The van der Waals surface area contributed by atoms with Gasteiger partial charge in [0.05, 0.1) is 30.6 Å². The van der Waals surface area contributed by atoms with Gasteiger partial charge in [0.2, 0.25) is 0 Å². The largest absolute Gasteiger partial charge is 0.416 e. The Labute approximate surface area is 111 Å². The van der Waals surface area contributed by atoms with E-state index in [2.05, 4.69) is 0 Å². The normalized spacial score (nSPS) is 29.6. The Morgan fingerprint density at radius 3 is 2.05 bits per heavy atom. The van der Waals surface area contributed by atoms with Gasteiger partial charge in [-0.2, -0.15) is 13.2 Å². The van der Waals surface area contributed by atoms with Gasteiger partial charge in [-0.05, 0) is 17.7 Å². The Balaban J connectivity index is 1.79. The molecule has 3 rings (SSSR count). The van der Waals surface area contributed by atoms with Crippen molar-refractivity contribution >= 4 is 0 Å². The molecule has 2 atom stereocenters. The molecule has 2 aliphatic rings. The van der Waals surface area contributed by atoms with Crippen LogP contribution < -0.4 is 0 Å². The Morgan fingerprint density at radius 1 is 1.00 bits per heavy atom. The molecule has 1 aliphatic carbocycles. The molecule has 2 nitrogen and oxygen atoms in total. The Hall–Kier alpha value is -1.21. The van der Waals surface area contributed by atoms with Crippen LogP contribution in [-0.2, 0) is 15.7 Å². The van der Waals surface area contributed by atoms with Crippen LogP contribution in [0.1, 0.15) is 17.0 Å². The first kappa shape index (κ1) is 13.8. The van der Waals surface area contributed by atoms with Crippen LogP contribution in [0.25, 0.3) is 0 Å². The maximum absolute atomic E-state index is 13.8. The van der Waals surface area contributed by atoms with E-state index in [1.54, 1.807) is 0 Å². The molecule has 110 valence electrons. The maximum Gasteiger partial charge on any atom is 0.416 e. The van der Waals surface area contributed by atoms with E-state index in [-0.39, 0.29) is 18.8 Å². The fourth-order valence-corrected chi connectivity index (χ4v) is 2.58. The summed E-state index contributed by atoms with van der Waals surface area (Å²) in [7, 11) is 0. The summed E-state index contributed by atoms with van der Waals surface area (Å²) >= 11 is 0. The van der Waals surface area contributed by atoms with E-state index in [1.165, 1.54) is 0 Å². The van der Waals surface area contributed by atoms with E-state index >= 15 is 0 Å². The van der Waals surface area contributed by atoms with E-state index in [0.29, 0.717) is 0 Å². The van der Waals surface area contributed by atoms with Gasteiger partial charge >= 0.3 is 6.18 Å². The van der Waals surface area contributed by atoms with Crippen molar-refractivity contribution in [3.05, 3.63) is 35.4 Å². The van der Waals surface area contributed by atoms with Gasteiger partial charge in [-0.1, -0.05) is 12.1 Å². The highest BCUT2D eigenvalue weighted by Gasteiger charge is 2.72. The smallest absolute Gasteiger partial charge is 0.350 e. The molecule has 1 aromatic carbocycles. The lowest BCUT2D eigenvalue weighted by Gasteiger charge is -2.08. The third-order valence-electron chi connectivity index (χ3n) is 3.65. The van der Waals surface area contributed by atoms with Gasteiger partial charge in [0.25, 0.3) is 5.92 Å². The third-order valence-corrected chi connectivity index (χ3v) is 3.65. The minimum Gasteiger partial charge on any atom is -0.350 e. The number of halogens is 5. The fraction of sp³-hybridized carbons (Fsp3) is 0.538. The van der Waals surface area contributed by atoms with Gasteiger partial charge < -0.3 is 9.47 Å². The molecule has 1 saturated carbocycles. The molecular formula is C13H11F5O2. The molecule has 0 radical (unpaired) electrons. The molecule has 0 N–H and O–H groups in total. The average Bonchev–Trinajstić information content (AvgIpc) is 2.77. The summed E-state index contributed by atoms with van der Waals surface area (Å²) in [4.78, 5) is 0. The Bertz CT molecular complexity index is 490. The monoisotopic (exact) mass is 294 g/mol. The van der Waals surface area contributed by atoms with Gasteiger partial charge in [-0.25, -0.2) is 8.78 Å². The first-order chi connectivity index (χ1) is 9.32. The second-order valence-corrected chi connectivity index (χ2v) is 4.91. The zero-order chi connectivity index (χ0) is 14.5. The molecule has 0 amide bonds. The van der Waals surface area contributed by atoms with E-state index in [0.717, 1.165) is 24.3 Å². The fourth-order valence-electron chi connectivity index (χ4n) is 2.58. The van der Waals surface area contributed by atoms with Crippen LogP contribution in [0.3, 0.4) is 0 Å². The van der Waals surface area contributed by atoms with Crippen LogP contribution in [0.2, 0.25) is 0 Å². The summed E-state index contributed by atoms with van der Waals surface area (Å²) in [5.41, 5.74) is -0.678. The standard InChI is InChI=1S/C13H11F5O2/c14-12(15)9(10(12)11-19-5-6-20-11)7-1-3-8(4-2-7)13(16,17)18/h1-4,9-11H,5-6H2. The van der Waals surface area contributed by atoms with Crippen molar-refractivity contribution in [3.63, 3.8) is 0 Å². The third kappa shape index (κ3) is 2.18. The molecule has 1 aliphatic heterocycles. The molecule has 2 unspecified atom stereocenters. The van der Waals surface area contributed by atoms with Gasteiger partial charge in [-0.15, -0.1) is 0 Å². The molecule has 1 saturated heterocycles. The minimum atomic E-state index is -4.47. The van der Waals surface area contributed by atoms with Crippen molar-refractivity contribution in [2.75, 3.05) is 13.2 Å². The first-order valence-corrected chi connectivity index (χ1v) is 6.10. The zero-order valence-electron chi connectivity index (χ0n) is 10.2. The highest BCUT2D eigenvalue weighted by Crippen LogP contribution is 2.64. The quantitative estimate of drug-likeness (QED) is 0.778. The van der Waals surface area contributed by atoms with Crippen LogP contribution in [0.15, 0.2) is 24.3 Å². The molecule has 20 heavy (non-hydrogen) atoms. The van der Waals surface area contributed by atoms with Crippen molar-refractivity contribution in [1.82, 2.24) is 0 Å². The van der Waals surface area contributed by atoms with Crippen molar-refractivity contribution in [1.29, 1.82) is 0 Å². The van der Waals surface area contributed by atoms with Crippen molar-refractivity contribution in [3.8, 4) is 0 Å². The summed E-state index contributed by atoms with van der Waals surface area (Å²) < 4.78 is 74.9. The molecule has 2 fully saturated rings. The summed E-state index contributed by atoms with van der Waals surface area (Å²) in [6.45, 7) is 0.522. The van der Waals surface area contributed by atoms with Crippen LogP contribution in [0.4, 0.5) is 22.0 Å². The highest BCUT2D eigenvalue weighted by atomic mass is 19.4. The van der Waals surface area contributed by atoms with E-state index in [9.17, 15) is 22.0 Å². The molecule has 0 spiro atoms. The number of alkyl halides is 5. The predicted octanol–water partition coefficient (Wildman–Crippen LogP) is 3.43. The lowest BCUT2D eigenvalue weighted by molar-refractivity contribution is -0.137. The molecule has 7 heteroatoms. The second kappa shape index (κ2) is 4.39. The van der Waals surface area contributed by atoms with Gasteiger partial charge in [0.1, 0.15) is 0 Å². The molecule has 0 bridgehead atoms. The van der Waals surface area contributed by atoms with Crippen molar-refractivity contribution in [2.24, 2.45) is 5.92 Å². The number of benzene rings is 1. The van der Waals surface area contributed by atoms with Crippen LogP contribution in [0.5, 0.6) is 0 Å². The van der Waals surface area contributed by atoms with Crippen molar-refractivity contribution in [2.45, 2.75) is 24.3 Å².